The summed E-state index contributed by atoms with van der Waals surface area (Å²) in [5, 5.41) is 4.68. The number of benzene rings is 2. The summed E-state index contributed by atoms with van der Waals surface area (Å²) in [6, 6.07) is 12.2. The molecule has 1 fully saturated rings. The van der Waals surface area contributed by atoms with Crippen LogP contribution in [0.25, 0.3) is 0 Å². The summed E-state index contributed by atoms with van der Waals surface area (Å²) < 4.78 is 13.0. The largest absolute Gasteiger partial charge is 0.378 e. The van der Waals surface area contributed by atoms with Gasteiger partial charge in [0.2, 0.25) is 0 Å². The maximum atomic E-state index is 13.0. The zero-order valence-corrected chi connectivity index (χ0v) is 12.3. The molecule has 2 aromatic carbocycles. The Morgan fingerprint density at radius 2 is 1.60 bits per heavy atom. The van der Waals surface area contributed by atoms with Gasteiger partial charge in [-0.1, -0.05) is 35.3 Å². The van der Waals surface area contributed by atoms with Crippen LogP contribution >= 0.6 is 23.2 Å². The van der Waals surface area contributed by atoms with E-state index in [0.717, 1.165) is 11.3 Å². The molecular weight excluding hydrogens is 296 g/mol. The molecule has 1 unspecified atom stereocenters. The van der Waals surface area contributed by atoms with Crippen LogP contribution < -0.4 is 5.32 Å². The van der Waals surface area contributed by atoms with E-state index >= 15 is 0 Å². The van der Waals surface area contributed by atoms with Gasteiger partial charge in [0.15, 0.2) is 0 Å². The van der Waals surface area contributed by atoms with Crippen LogP contribution in [0.2, 0.25) is 10.0 Å². The second-order valence-corrected chi connectivity index (χ2v) is 6.04. The highest BCUT2D eigenvalue weighted by atomic mass is 35.5. The van der Waals surface area contributed by atoms with Gasteiger partial charge in [0.25, 0.3) is 0 Å². The van der Waals surface area contributed by atoms with E-state index in [1.807, 2.05) is 24.3 Å². The molecule has 0 radical (unpaired) electrons. The summed E-state index contributed by atoms with van der Waals surface area (Å²) in [5.41, 5.74) is 1.98. The molecule has 3 rings (SSSR count). The maximum Gasteiger partial charge on any atom is 0.123 e. The minimum atomic E-state index is -0.214. The van der Waals surface area contributed by atoms with E-state index in [1.54, 1.807) is 6.07 Å². The summed E-state index contributed by atoms with van der Waals surface area (Å²) in [4.78, 5) is 0. The van der Waals surface area contributed by atoms with Gasteiger partial charge in [0, 0.05) is 15.7 Å². The fourth-order valence-electron chi connectivity index (χ4n) is 2.39. The molecule has 0 heterocycles. The quantitative estimate of drug-likeness (QED) is 0.764. The normalized spacial score (nSPS) is 15.9. The van der Waals surface area contributed by atoms with Crippen molar-refractivity contribution < 1.29 is 4.39 Å². The number of anilines is 1. The van der Waals surface area contributed by atoms with E-state index in [2.05, 4.69) is 5.32 Å². The molecule has 0 saturated heterocycles. The lowest BCUT2D eigenvalue weighted by Gasteiger charge is -2.20. The summed E-state index contributed by atoms with van der Waals surface area (Å²) in [7, 11) is 0. The minimum absolute atomic E-state index is 0.171. The Kier molecular flexibility index (Phi) is 3.86. The summed E-state index contributed by atoms with van der Waals surface area (Å²) in [5.74, 6) is 0.368. The van der Waals surface area contributed by atoms with Crippen molar-refractivity contribution in [2.24, 2.45) is 5.92 Å². The Hall–Kier alpha value is -1.25. The Morgan fingerprint density at radius 3 is 2.15 bits per heavy atom. The molecular formula is C16H14Cl2FN. The Morgan fingerprint density at radius 1 is 1.00 bits per heavy atom. The number of nitrogens with one attached hydrogen (secondary N) is 1. The molecule has 0 aliphatic heterocycles. The molecule has 0 spiro atoms. The van der Waals surface area contributed by atoms with E-state index in [0.29, 0.717) is 16.0 Å². The molecule has 1 nitrogen and oxygen atoms in total. The monoisotopic (exact) mass is 309 g/mol. The van der Waals surface area contributed by atoms with Crippen LogP contribution in [0.4, 0.5) is 10.1 Å². The van der Waals surface area contributed by atoms with Crippen LogP contribution in [0.1, 0.15) is 24.4 Å². The zero-order chi connectivity index (χ0) is 14.1. The average molecular weight is 310 g/mol. The summed E-state index contributed by atoms with van der Waals surface area (Å²) >= 11 is 12.0. The molecule has 1 atom stereocenters. The van der Waals surface area contributed by atoms with E-state index in [-0.39, 0.29) is 11.9 Å². The second-order valence-electron chi connectivity index (χ2n) is 5.17. The Balaban J connectivity index is 1.86. The molecule has 1 saturated carbocycles. The second kappa shape index (κ2) is 5.63. The molecule has 0 amide bonds. The summed E-state index contributed by atoms with van der Waals surface area (Å²) in [6.07, 6.45) is 2.37. The predicted molar refractivity (Wildman–Crippen MR) is 81.9 cm³/mol. The first-order valence-electron chi connectivity index (χ1n) is 6.60. The van der Waals surface area contributed by atoms with Crippen LogP contribution in [-0.4, -0.2) is 0 Å². The SMILES string of the molecule is Fc1ccc(C(Nc2cc(Cl)cc(Cl)c2)C2CC2)cc1. The van der Waals surface area contributed by atoms with Gasteiger partial charge in [0.1, 0.15) is 5.82 Å². The highest BCUT2D eigenvalue weighted by Crippen LogP contribution is 2.43. The molecule has 1 N–H and O–H groups in total. The molecule has 0 bridgehead atoms. The third-order valence-electron chi connectivity index (χ3n) is 3.51. The smallest absolute Gasteiger partial charge is 0.123 e. The number of halogens is 3. The van der Waals surface area contributed by atoms with Crippen molar-refractivity contribution in [3.63, 3.8) is 0 Å². The van der Waals surface area contributed by atoms with E-state index < -0.39 is 0 Å². The van der Waals surface area contributed by atoms with Crippen molar-refractivity contribution in [1.29, 1.82) is 0 Å². The zero-order valence-electron chi connectivity index (χ0n) is 10.7. The first kappa shape index (κ1) is 13.7. The van der Waals surface area contributed by atoms with Crippen LogP contribution in [-0.2, 0) is 0 Å². The lowest BCUT2D eigenvalue weighted by atomic mass is 10.0. The molecule has 1 aliphatic rings. The predicted octanol–water partition coefficient (Wildman–Crippen LogP) is 5.70. The summed E-state index contributed by atoms with van der Waals surface area (Å²) in [6.45, 7) is 0. The van der Waals surface area contributed by atoms with Gasteiger partial charge in [-0.2, -0.15) is 0 Å². The van der Waals surface area contributed by atoms with Crippen LogP contribution in [0.3, 0.4) is 0 Å². The first-order chi connectivity index (χ1) is 9.61. The van der Waals surface area contributed by atoms with E-state index in [1.165, 1.54) is 25.0 Å². The van der Waals surface area contributed by atoms with E-state index in [4.69, 9.17) is 23.2 Å². The van der Waals surface area contributed by atoms with Gasteiger partial charge in [-0.05, 0) is 54.7 Å². The van der Waals surface area contributed by atoms with Gasteiger partial charge in [-0.3, -0.25) is 0 Å². The van der Waals surface area contributed by atoms with Crippen LogP contribution in [0.5, 0.6) is 0 Å². The topological polar surface area (TPSA) is 12.0 Å². The van der Waals surface area contributed by atoms with Crippen molar-refractivity contribution in [1.82, 2.24) is 0 Å². The van der Waals surface area contributed by atoms with Gasteiger partial charge >= 0.3 is 0 Å². The maximum absolute atomic E-state index is 13.0. The van der Waals surface area contributed by atoms with Gasteiger partial charge in [-0.15, -0.1) is 0 Å². The molecule has 104 valence electrons. The fourth-order valence-corrected chi connectivity index (χ4v) is 2.92. The van der Waals surface area contributed by atoms with Crippen molar-refractivity contribution in [2.45, 2.75) is 18.9 Å². The number of hydrogen-bond acceptors (Lipinski definition) is 1. The van der Waals surface area contributed by atoms with Crippen LogP contribution in [0.15, 0.2) is 42.5 Å². The van der Waals surface area contributed by atoms with Gasteiger partial charge < -0.3 is 5.32 Å². The Bertz CT molecular complexity index is 588. The van der Waals surface area contributed by atoms with Crippen molar-refractivity contribution in [2.75, 3.05) is 5.32 Å². The Labute approximate surface area is 127 Å². The van der Waals surface area contributed by atoms with Gasteiger partial charge in [0.05, 0.1) is 6.04 Å². The lowest BCUT2D eigenvalue weighted by molar-refractivity contribution is 0.622. The standard InChI is InChI=1S/C16H14Cl2FN/c17-12-7-13(18)9-15(8-12)20-16(10-1-2-10)11-3-5-14(19)6-4-11/h3-10,16,20H,1-2H2. The van der Waals surface area contributed by atoms with Crippen molar-refractivity contribution >= 4 is 28.9 Å². The molecule has 2 aromatic rings. The van der Waals surface area contributed by atoms with Crippen molar-refractivity contribution in [3.05, 3.63) is 63.9 Å². The molecule has 1 aliphatic carbocycles. The van der Waals surface area contributed by atoms with E-state index in [9.17, 15) is 4.39 Å². The highest BCUT2D eigenvalue weighted by Gasteiger charge is 2.32. The molecule has 0 aromatic heterocycles. The first-order valence-corrected chi connectivity index (χ1v) is 7.35. The highest BCUT2D eigenvalue weighted by molar-refractivity contribution is 6.35. The third kappa shape index (κ3) is 3.25. The minimum Gasteiger partial charge on any atom is -0.378 e. The molecule has 20 heavy (non-hydrogen) atoms. The lowest BCUT2D eigenvalue weighted by Crippen LogP contribution is -2.13. The van der Waals surface area contributed by atoms with Crippen LogP contribution in [0, 0.1) is 11.7 Å². The number of hydrogen-bond donors (Lipinski definition) is 1. The average Bonchev–Trinajstić information content (AvgIpc) is 3.20. The molecule has 4 heteroatoms. The van der Waals surface area contributed by atoms with Gasteiger partial charge in [-0.25, -0.2) is 4.39 Å². The number of rotatable bonds is 4. The third-order valence-corrected chi connectivity index (χ3v) is 3.94. The fraction of sp³-hybridized carbons (Fsp3) is 0.250. The van der Waals surface area contributed by atoms with Crippen molar-refractivity contribution in [3.8, 4) is 0 Å².